The first-order valence-electron chi connectivity index (χ1n) is 3.78. The fourth-order valence-electron chi connectivity index (χ4n) is 0.692. The average molecular weight is 200 g/mol. The molecule has 0 saturated heterocycles. The van der Waals surface area contributed by atoms with E-state index in [4.69, 9.17) is 10.8 Å². The lowest BCUT2D eigenvalue weighted by atomic mass is 10.3. The van der Waals surface area contributed by atoms with E-state index in [1.54, 1.807) is 0 Å². The smallest absolute Gasteiger partial charge is 0.248 e. The maximum atomic E-state index is 12.3. The van der Waals surface area contributed by atoms with Gasteiger partial charge in [-0.3, -0.25) is 4.79 Å². The van der Waals surface area contributed by atoms with E-state index in [1.165, 1.54) is 0 Å². The highest BCUT2D eigenvalue weighted by Crippen LogP contribution is 1.97. The minimum absolute atomic E-state index is 0.110. The molecule has 0 bridgehead atoms. The number of halogens is 1. The van der Waals surface area contributed by atoms with Crippen LogP contribution in [0.1, 0.15) is 0 Å². The van der Waals surface area contributed by atoms with Gasteiger partial charge in [-0.25, -0.2) is 14.4 Å². The summed E-state index contributed by atoms with van der Waals surface area (Å²) in [4.78, 5) is 17.5. The topological polar surface area (TPSA) is 101 Å². The summed E-state index contributed by atoms with van der Waals surface area (Å²) in [6, 6.07) is 0. The molecule has 76 valence electrons. The molecule has 1 heterocycles. The molecule has 1 atom stereocenters. The number of aromatic nitrogens is 2. The predicted octanol–water partition coefficient (Wildman–Crippen LogP) is -1.13. The Morgan fingerprint density at radius 1 is 1.64 bits per heavy atom. The molecule has 0 radical (unpaired) electrons. The van der Waals surface area contributed by atoms with E-state index in [1.807, 2.05) is 0 Å². The van der Waals surface area contributed by atoms with Crippen LogP contribution in [0.2, 0.25) is 0 Å². The van der Waals surface area contributed by atoms with Crippen molar-refractivity contribution in [2.45, 2.75) is 6.10 Å². The van der Waals surface area contributed by atoms with Crippen molar-refractivity contribution >= 4 is 11.9 Å². The third kappa shape index (κ3) is 2.94. The van der Waals surface area contributed by atoms with Gasteiger partial charge in [0.1, 0.15) is 6.10 Å². The first-order chi connectivity index (χ1) is 6.59. The fraction of sp³-hybridized carbons (Fsp3) is 0.286. The Morgan fingerprint density at radius 3 is 2.71 bits per heavy atom. The Labute approximate surface area is 79.0 Å². The summed E-state index contributed by atoms with van der Waals surface area (Å²) in [6.45, 7) is -0.110. The number of nitrogens with two attached hydrogens (primary N) is 1. The lowest BCUT2D eigenvalue weighted by Crippen LogP contribution is -2.34. The Balaban J connectivity index is 2.46. The van der Waals surface area contributed by atoms with E-state index >= 15 is 0 Å². The van der Waals surface area contributed by atoms with Crippen molar-refractivity contribution in [1.82, 2.24) is 9.97 Å². The van der Waals surface area contributed by atoms with E-state index in [9.17, 15) is 9.18 Å². The van der Waals surface area contributed by atoms with Crippen LogP contribution in [0.3, 0.4) is 0 Å². The van der Waals surface area contributed by atoms with Gasteiger partial charge in [-0.1, -0.05) is 0 Å². The summed E-state index contributed by atoms with van der Waals surface area (Å²) in [5, 5.41) is 11.5. The van der Waals surface area contributed by atoms with Gasteiger partial charge in [0.15, 0.2) is 5.82 Å². The molecule has 1 unspecified atom stereocenters. The summed E-state index contributed by atoms with van der Waals surface area (Å²) in [5.74, 6) is -1.29. The van der Waals surface area contributed by atoms with Gasteiger partial charge < -0.3 is 16.2 Å². The van der Waals surface area contributed by atoms with Crippen LogP contribution in [-0.2, 0) is 4.79 Å². The maximum absolute atomic E-state index is 12.3. The minimum Gasteiger partial charge on any atom is -0.381 e. The molecular formula is C7H9FN4O2. The van der Waals surface area contributed by atoms with Gasteiger partial charge in [-0.2, -0.15) is 0 Å². The van der Waals surface area contributed by atoms with Gasteiger partial charge in [-0.15, -0.1) is 0 Å². The maximum Gasteiger partial charge on any atom is 0.248 e. The van der Waals surface area contributed by atoms with Gasteiger partial charge >= 0.3 is 0 Å². The van der Waals surface area contributed by atoms with E-state index in [-0.39, 0.29) is 12.5 Å². The lowest BCUT2D eigenvalue weighted by Gasteiger charge is -2.07. The Hall–Kier alpha value is -1.76. The number of hydrogen-bond donors (Lipinski definition) is 3. The molecule has 0 aromatic carbocycles. The number of nitrogens with zero attached hydrogens (tertiary/aromatic N) is 2. The SMILES string of the molecule is NC(=O)C(O)CNc1ncc(F)cn1. The Kier molecular flexibility index (Phi) is 3.29. The number of carbonyl (C=O) groups is 1. The summed E-state index contributed by atoms with van der Waals surface area (Å²) in [5.41, 5.74) is 4.79. The zero-order valence-electron chi connectivity index (χ0n) is 7.14. The highest BCUT2D eigenvalue weighted by Gasteiger charge is 2.10. The number of anilines is 1. The molecule has 6 nitrogen and oxygen atoms in total. The normalized spacial score (nSPS) is 12.1. The highest BCUT2D eigenvalue weighted by atomic mass is 19.1. The molecule has 1 aromatic heterocycles. The molecular weight excluding hydrogens is 191 g/mol. The quantitative estimate of drug-likeness (QED) is 0.571. The number of rotatable bonds is 4. The number of nitrogens with one attached hydrogen (secondary N) is 1. The number of aliphatic hydroxyl groups is 1. The molecule has 1 amide bonds. The summed E-state index contributed by atoms with van der Waals surface area (Å²) in [7, 11) is 0. The van der Waals surface area contributed by atoms with Crippen molar-refractivity contribution in [3.63, 3.8) is 0 Å². The first kappa shape index (κ1) is 10.3. The summed E-state index contributed by atoms with van der Waals surface area (Å²) < 4.78 is 12.3. The molecule has 1 rings (SSSR count). The predicted molar refractivity (Wildman–Crippen MR) is 45.7 cm³/mol. The van der Waals surface area contributed by atoms with Crippen molar-refractivity contribution in [2.75, 3.05) is 11.9 Å². The third-order valence-electron chi connectivity index (χ3n) is 1.40. The van der Waals surface area contributed by atoms with Crippen LogP contribution in [-0.4, -0.2) is 33.6 Å². The largest absolute Gasteiger partial charge is 0.381 e. The van der Waals surface area contributed by atoms with Gasteiger partial charge in [0, 0.05) is 0 Å². The zero-order valence-corrected chi connectivity index (χ0v) is 7.14. The zero-order chi connectivity index (χ0) is 10.6. The fourth-order valence-corrected chi connectivity index (χ4v) is 0.692. The molecule has 0 aliphatic carbocycles. The van der Waals surface area contributed by atoms with Crippen LogP contribution in [0.5, 0.6) is 0 Å². The summed E-state index contributed by atoms with van der Waals surface area (Å²) >= 11 is 0. The van der Waals surface area contributed by atoms with Gasteiger partial charge in [0.2, 0.25) is 11.9 Å². The molecule has 1 aromatic rings. The monoisotopic (exact) mass is 200 g/mol. The number of hydrogen-bond acceptors (Lipinski definition) is 5. The van der Waals surface area contributed by atoms with E-state index in [0.29, 0.717) is 0 Å². The number of aliphatic hydroxyl groups excluding tert-OH is 1. The second kappa shape index (κ2) is 4.47. The molecule has 14 heavy (non-hydrogen) atoms. The van der Waals surface area contributed by atoms with Crippen LogP contribution >= 0.6 is 0 Å². The molecule has 0 fully saturated rings. The summed E-state index contributed by atoms with van der Waals surface area (Å²) in [6.07, 6.45) is 0.612. The van der Waals surface area contributed by atoms with Crippen molar-refractivity contribution in [3.8, 4) is 0 Å². The number of primary amides is 1. The molecule has 0 aliphatic rings. The number of carbonyl (C=O) groups excluding carboxylic acids is 1. The second-order valence-electron chi connectivity index (χ2n) is 2.52. The van der Waals surface area contributed by atoms with Crippen LogP contribution in [0, 0.1) is 5.82 Å². The van der Waals surface area contributed by atoms with Crippen LogP contribution in [0.4, 0.5) is 10.3 Å². The number of amides is 1. The Morgan fingerprint density at radius 2 is 2.21 bits per heavy atom. The van der Waals surface area contributed by atoms with Gasteiger partial charge in [-0.05, 0) is 0 Å². The third-order valence-corrected chi connectivity index (χ3v) is 1.40. The van der Waals surface area contributed by atoms with Crippen LogP contribution < -0.4 is 11.1 Å². The van der Waals surface area contributed by atoms with Crippen LogP contribution in [0.15, 0.2) is 12.4 Å². The van der Waals surface area contributed by atoms with Crippen molar-refractivity contribution in [2.24, 2.45) is 5.73 Å². The molecule has 0 spiro atoms. The molecule has 4 N–H and O–H groups in total. The first-order valence-corrected chi connectivity index (χ1v) is 3.78. The Bertz CT molecular complexity index is 316. The van der Waals surface area contributed by atoms with Gasteiger partial charge in [0.25, 0.3) is 0 Å². The van der Waals surface area contributed by atoms with Crippen molar-refractivity contribution in [3.05, 3.63) is 18.2 Å². The average Bonchev–Trinajstić information content (AvgIpc) is 2.16. The van der Waals surface area contributed by atoms with E-state index in [0.717, 1.165) is 12.4 Å². The molecule has 0 saturated carbocycles. The van der Waals surface area contributed by atoms with Crippen molar-refractivity contribution < 1.29 is 14.3 Å². The standard InChI is InChI=1S/C7H9FN4O2/c8-4-1-10-7(11-2-4)12-3-5(13)6(9)14/h1-2,5,13H,3H2,(H2,9,14)(H,10,11,12). The molecule has 0 aliphatic heterocycles. The van der Waals surface area contributed by atoms with Gasteiger partial charge in [0.05, 0.1) is 18.9 Å². The highest BCUT2D eigenvalue weighted by molar-refractivity contribution is 5.79. The minimum atomic E-state index is -1.32. The van der Waals surface area contributed by atoms with Crippen LogP contribution in [0.25, 0.3) is 0 Å². The van der Waals surface area contributed by atoms with Crippen molar-refractivity contribution in [1.29, 1.82) is 0 Å². The lowest BCUT2D eigenvalue weighted by molar-refractivity contribution is -0.125. The molecule has 7 heteroatoms. The second-order valence-corrected chi connectivity index (χ2v) is 2.52. The van der Waals surface area contributed by atoms with E-state index in [2.05, 4.69) is 15.3 Å². The van der Waals surface area contributed by atoms with E-state index < -0.39 is 17.8 Å².